The minimum Gasteiger partial charge on any atom is -0.326 e. The molecule has 1 N–H and O–H groups in total. The van der Waals surface area contributed by atoms with Gasteiger partial charge in [-0.3, -0.25) is 4.79 Å². The fourth-order valence-corrected chi connectivity index (χ4v) is 1.60. The van der Waals surface area contributed by atoms with Crippen molar-refractivity contribution in [1.82, 2.24) is 0 Å². The first kappa shape index (κ1) is 11.8. The number of para-hydroxylation sites is 1. The van der Waals surface area contributed by atoms with Crippen LogP contribution in [0.25, 0.3) is 0 Å². The van der Waals surface area contributed by atoms with Crippen LogP contribution in [0.3, 0.4) is 0 Å². The van der Waals surface area contributed by atoms with Crippen molar-refractivity contribution in [3.05, 3.63) is 30.3 Å². The lowest BCUT2D eigenvalue weighted by molar-refractivity contribution is -0.119. The minimum atomic E-state index is 0.0743. The normalized spacial score (nSPS) is 12.5. The molecule has 1 aromatic carbocycles. The Balaban J connectivity index is 2.49. The highest BCUT2D eigenvalue weighted by molar-refractivity contribution is 5.92. The zero-order valence-corrected chi connectivity index (χ0v) is 9.66. The molecule has 0 aliphatic carbocycles. The molecule has 0 bridgehead atoms. The van der Waals surface area contributed by atoms with E-state index in [0.29, 0.717) is 5.92 Å². The molecule has 1 aromatic rings. The third-order valence-electron chi connectivity index (χ3n) is 2.31. The molecule has 0 spiro atoms. The van der Waals surface area contributed by atoms with Crippen LogP contribution in [-0.2, 0) is 4.79 Å². The third-order valence-corrected chi connectivity index (χ3v) is 2.31. The second kappa shape index (κ2) is 5.54. The van der Waals surface area contributed by atoms with Crippen LogP contribution in [0.5, 0.6) is 0 Å². The zero-order chi connectivity index (χ0) is 11.3. The Hall–Kier alpha value is -1.31. The summed E-state index contributed by atoms with van der Waals surface area (Å²) in [5.74, 6) is 0.738. The fourth-order valence-electron chi connectivity index (χ4n) is 1.60. The molecule has 0 saturated heterocycles. The number of amides is 1. The minimum absolute atomic E-state index is 0.0743. The Labute approximate surface area is 91.7 Å². The fraction of sp³-hybridized carbons (Fsp3) is 0.462. The average molecular weight is 205 g/mol. The number of anilines is 1. The van der Waals surface area contributed by atoms with Gasteiger partial charge in [0.1, 0.15) is 0 Å². The smallest absolute Gasteiger partial charge is 0.227 e. The van der Waals surface area contributed by atoms with E-state index in [2.05, 4.69) is 19.2 Å². The highest BCUT2D eigenvalue weighted by atomic mass is 16.1. The first-order valence-electron chi connectivity index (χ1n) is 5.45. The van der Waals surface area contributed by atoms with Crippen LogP contribution in [0.4, 0.5) is 5.69 Å². The molecule has 0 aliphatic heterocycles. The van der Waals surface area contributed by atoms with Crippen LogP contribution in [0, 0.1) is 11.8 Å². The number of carbonyl (C=O) groups excluding carboxylic acids is 1. The van der Waals surface area contributed by atoms with E-state index in [4.69, 9.17) is 0 Å². The lowest BCUT2D eigenvalue weighted by Gasteiger charge is -2.13. The second-order valence-corrected chi connectivity index (χ2v) is 4.39. The van der Waals surface area contributed by atoms with Crippen LogP contribution < -0.4 is 5.32 Å². The van der Waals surface area contributed by atoms with Gasteiger partial charge in [0.15, 0.2) is 0 Å². The van der Waals surface area contributed by atoms with Gasteiger partial charge in [-0.15, -0.1) is 0 Å². The Bertz CT molecular complexity index is 306. The SMILES string of the molecule is CC(C)C[C@H](C)C(=O)Nc1ccccc1. The van der Waals surface area contributed by atoms with Crippen LogP contribution in [0.1, 0.15) is 27.2 Å². The summed E-state index contributed by atoms with van der Waals surface area (Å²) in [6.45, 7) is 6.23. The predicted octanol–water partition coefficient (Wildman–Crippen LogP) is 3.31. The highest BCUT2D eigenvalue weighted by Gasteiger charge is 2.13. The Morgan fingerprint density at radius 2 is 1.80 bits per heavy atom. The molecule has 0 fully saturated rings. The van der Waals surface area contributed by atoms with Gasteiger partial charge in [0.2, 0.25) is 5.91 Å². The summed E-state index contributed by atoms with van der Waals surface area (Å²) in [5.41, 5.74) is 0.873. The lowest BCUT2D eigenvalue weighted by atomic mass is 9.98. The standard InChI is InChI=1S/C13H19NO/c1-10(2)9-11(3)13(15)14-12-7-5-4-6-8-12/h4-8,10-11H,9H2,1-3H3,(H,14,15)/t11-/m0/s1. The molecule has 15 heavy (non-hydrogen) atoms. The molecule has 0 heterocycles. The van der Waals surface area contributed by atoms with Gasteiger partial charge in [-0.1, -0.05) is 39.0 Å². The molecule has 0 radical (unpaired) electrons. The summed E-state index contributed by atoms with van der Waals surface area (Å²) >= 11 is 0. The maximum Gasteiger partial charge on any atom is 0.227 e. The topological polar surface area (TPSA) is 29.1 Å². The Morgan fingerprint density at radius 1 is 1.20 bits per heavy atom. The molecule has 1 amide bonds. The van der Waals surface area contributed by atoms with Gasteiger partial charge >= 0.3 is 0 Å². The van der Waals surface area contributed by atoms with Crippen LogP contribution in [0.15, 0.2) is 30.3 Å². The maximum atomic E-state index is 11.7. The lowest BCUT2D eigenvalue weighted by Crippen LogP contribution is -2.21. The van der Waals surface area contributed by atoms with E-state index >= 15 is 0 Å². The van der Waals surface area contributed by atoms with Gasteiger partial charge in [0.05, 0.1) is 0 Å². The van der Waals surface area contributed by atoms with Gasteiger partial charge in [-0.05, 0) is 24.5 Å². The van der Waals surface area contributed by atoms with Crippen molar-refractivity contribution in [2.75, 3.05) is 5.32 Å². The molecular weight excluding hydrogens is 186 g/mol. The zero-order valence-electron chi connectivity index (χ0n) is 9.66. The molecule has 0 aliphatic rings. The Morgan fingerprint density at radius 3 is 2.33 bits per heavy atom. The van der Waals surface area contributed by atoms with Gasteiger partial charge in [0.25, 0.3) is 0 Å². The predicted molar refractivity (Wildman–Crippen MR) is 63.7 cm³/mol. The van der Waals surface area contributed by atoms with Crippen LogP contribution >= 0.6 is 0 Å². The molecule has 0 saturated carbocycles. The van der Waals surface area contributed by atoms with Crippen molar-refractivity contribution in [2.45, 2.75) is 27.2 Å². The average Bonchev–Trinajstić information content (AvgIpc) is 2.18. The maximum absolute atomic E-state index is 11.7. The van der Waals surface area contributed by atoms with E-state index in [1.807, 2.05) is 37.3 Å². The third kappa shape index (κ3) is 4.15. The molecule has 2 nitrogen and oxygen atoms in total. The van der Waals surface area contributed by atoms with E-state index < -0.39 is 0 Å². The second-order valence-electron chi connectivity index (χ2n) is 4.39. The Kier molecular flexibility index (Phi) is 4.35. The van der Waals surface area contributed by atoms with Gasteiger partial charge in [0, 0.05) is 11.6 Å². The molecule has 82 valence electrons. The summed E-state index contributed by atoms with van der Waals surface area (Å²) in [5, 5.41) is 2.91. The summed E-state index contributed by atoms with van der Waals surface area (Å²) in [7, 11) is 0. The van der Waals surface area contributed by atoms with Gasteiger partial charge in [-0.25, -0.2) is 0 Å². The van der Waals surface area contributed by atoms with Crippen molar-refractivity contribution >= 4 is 11.6 Å². The molecule has 0 unspecified atom stereocenters. The van der Waals surface area contributed by atoms with Crippen molar-refractivity contribution < 1.29 is 4.79 Å². The van der Waals surface area contributed by atoms with Crippen molar-refractivity contribution in [3.8, 4) is 0 Å². The van der Waals surface area contributed by atoms with E-state index in [-0.39, 0.29) is 11.8 Å². The number of carbonyl (C=O) groups is 1. The van der Waals surface area contributed by atoms with Crippen molar-refractivity contribution in [3.63, 3.8) is 0 Å². The van der Waals surface area contributed by atoms with E-state index in [9.17, 15) is 4.79 Å². The molecule has 1 atom stereocenters. The van der Waals surface area contributed by atoms with E-state index in [1.54, 1.807) is 0 Å². The van der Waals surface area contributed by atoms with Crippen molar-refractivity contribution in [2.24, 2.45) is 11.8 Å². The summed E-state index contributed by atoms with van der Waals surface area (Å²) in [6.07, 6.45) is 0.929. The van der Waals surface area contributed by atoms with Gasteiger partial charge < -0.3 is 5.32 Å². The molecule has 1 rings (SSSR count). The number of hydrogen-bond acceptors (Lipinski definition) is 1. The summed E-state index contributed by atoms with van der Waals surface area (Å²) in [4.78, 5) is 11.7. The molecule has 2 heteroatoms. The van der Waals surface area contributed by atoms with Crippen LogP contribution in [0.2, 0.25) is 0 Å². The van der Waals surface area contributed by atoms with Crippen LogP contribution in [-0.4, -0.2) is 5.91 Å². The highest BCUT2D eigenvalue weighted by Crippen LogP contribution is 2.14. The number of nitrogens with one attached hydrogen (secondary N) is 1. The summed E-state index contributed by atoms with van der Waals surface area (Å²) in [6, 6.07) is 9.58. The van der Waals surface area contributed by atoms with E-state index in [0.717, 1.165) is 12.1 Å². The first-order valence-corrected chi connectivity index (χ1v) is 5.45. The van der Waals surface area contributed by atoms with Gasteiger partial charge in [-0.2, -0.15) is 0 Å². The number of hydrogen-bond donors (Lipinski definition) is 1. The molecule has 0 aromatic heterocycles. The van der Waals surface area contributed by atoms with Crippen molar-refractivity contribution in [1.29, 1.82) is 0 Å². The van der Waals surface area contributed by atoms with E-state index in [1.165, 1.54) is 0 Å². The molecular formula is C13H19NO. The quantitative estimate of drug-likeness (QED) is 0.802. The monoisotopic (exact) mass is 205 g/mol. The number of rotatable bonds is 4. The summed E-state index contributed by atoms with van der Waals surface area (Å²) < 4.78 is 0. The largest absolute Gasteiger partial charge is 0.326 e. The number of benzene rings is 1. The first-order chi connectivity index (χ1) is 7.09.